The lowest BCUT2D eigenvalue weighted by atomic mass is 10.1. The van der Waals surface area contributed by atoms with Crippen LogP contribution in [0.4, 0.5) is 5.69 Å². The molecule has 3 rings (SSSR count). The molecule has 0 aliphatic carbocycles. The second kappa shape index (κ2) is 4.84. The van der Waals surface area contributed by atoms with Crippen LogP contribution >= 0.6 is 0 Å². The number of aromatic nitrogens is 2. The molecule has 2 aromatic rings. The molecule has 0 radical (unpaired) electrons. The van der Waals surface area contributed by atoms with Crippen LogP contribution in [0.3, 0.4) is 0 Å². The standard InChI is InChI=1S/C16H17N3O2/c1-4-19-12(8-11(3)17-19)9-18-14-6-5-10(2)7-13(14)15(20)16(18)21/h5-8H,4,9H2,1-3H3. The van der Waals surface area contributed by atoms with Crippen molar-refractivity contribution in [3.05, 3.63) is 46.8 Å². The number of hydrogen-bond acceptors (Lipinski definition) is 3. The summed E-state index contributed by atoms with van der Waals surface area (Å²) < 4.78 is 1.86. The third-order valence-electron chi connectivity index (χ3n) is 3.73. The summed E-state index contributed by atoms with van der Waals surface area (Å²) in [5.74, 6) is -0.884. The number of aryl methyl sites for hydroxylation is 3. The summed E-state index contributed by atoms with van der Waals surface area (Å²) in [5.41, 5.74) is 4.01. The Morgan fingerprint density at radius 1 is 1.14 bits per heavy atom. The van der Waals surface area contributed by atoms with E-state index in [9.17, 15) is 9.59 Å². The number of amides is 1. The molecule has 2 heterocycles. The van der Waals surface area contributed by atoms with Crippen molar-refractivity contribution in [1.82, 2.24) is 9.78 Å². The molecule has 1 aliphatic heterocycles. The number of carbonyl (C=O) groups is 2. The summed E-state index contributed by atoms with van der Waals surface area (Å²) in [4.78, 5) is 25.9. The van der Waals surface area contributed by atoms with Crippen molar-refractivity contribution in [2.75, 3.05) is 4.90 Å². The molecule has 1 aromatic carbocycles. The summed E-state index contributed by atoms with van der Waals surface area (Å²) in [6, 6.07) is 7.48. The zero-order valence-electron chi connectivity index (χ0n) is 12.4. The number of ketones is 1. The van der Waals surface area contributed by atoms with E-state index in [4.69, 9.17) is 0 Å². The number of hydrogen-bond donors (Lipinski definition) is 0. The van der Waals surface area contributed by atoms with Gasteiger partial charge in [0.25, 0.3) is 11.7 Å². The van der Waals surface area contributed by atoms with Gasteiger partial charge in [-0.2, -0.15) is 5.10 Å². The van der Waals surface area contributed by atoms with Crippen LogP contribution in [0.25, 0.3) is 0 Å². The summed E-state index contributed by atoms with van der Waals surface area (Å²) in [7, 11) is 0. The first-order valence-electron chi connectivity index (χ1n) is 7.01. The van der Waals surface area contributed by atoms with Crippen molar-refractivity contribution in [3.63, 3.8) is 0 Å². The molecule has 1 aromatic heterocycles. The van der Waals surface area contributed by atoms with Gasteiger partial charge in [0.15, 0.2) is 0 Å². The van der Waals surface area contributed by atoms with Crippen molar-refractivity contribution >= 4 is 17.4 Å². The van der Waals surface area contributed by atoms with E-state index in [0.717, 1.165) is 23.5 Å². The molecule has 0 saturated carbocycles. The van der Waals surface area contributed by atoms with Gasteiger partial charge in [0, 0.05) is 6.54 Å². The summed E-state index contributed by atoms with van der Waals surface area (Å²) >= 11 is 0. The van der Waals surface area contributed by atoms with Crippen LogP contribution in [0.5, 0.6) is 0 Å². The Morgan fingerprint density at radius 3 is 2.62 bits per heavy atom. The zero-order valence-corrected chi connectivity index (χ0v) is 12.4. The van der Waals surface area contributed by atoms with Gasteiger partial charge in [0.1, 0.15) is 0 Å². The van der Waals surface area contributed by atoms with Crippen LogP contribution in [0, 0.1) is 13.8 Å². The van der Waals surface area contributed by atoms with Crippen molar-refractivity contribution in [2.45, 2.75) is 33.9 Å². The van der Waals surface area contributed by atoms with Gasteiger partial charge in [-0.1, -0.05) is 11.6 Å². The molecule has 0 saturated heterocycles. The number of benzene rings is 1. The molecular weight excluding hydrogens is 266 g/mol. The highest BCUT2D eigenvalue weighted by Crippen LogP contribution is 2.31. The number of anilines is 1. The molecule has 5 nitrogen and oxygen atoms in total. The van der Waals surface area contributed by atoms with Crippen LogP contribution in [-0.4, -0.2) is 21.5 Å². The van der Waals surface area contributed by atoms with E-state index in [2.05, 4.69) is 5.10 Å². The zero-order chi connectivity index (χ0) is 15.1. The third-order valence-corrected chi connectivity index (χ3v) is 3.73. The van der Waals surface area contributed by atoms with E-state index in [0.29, 0.717) is 17.8 Å². The Hall–Kier alpha value is -2.43. The highest BCUT2D eigenvalue weighted by molar-refractivity contribution is 6.52. The van der Waals surface area contributed by atoms with E-state index in [1.165, 1.54) is 0 Å². The number of fused-ring (bicyclic) bond motifs is 1. The molecule has 0 bridgehead atoms. The van der Waals surface area contributed by atoms with Gasteiger partial charge in [-0.15, -0.1) is 0 Å². The Kier molecular flexibility index (Phi) is 3.12. The van der Waals surface area contributed by atoms with Gasteiger partial charge in [-0.25, -0.2) is 0 Å². The number of Topliss-reactive ketones (excluding diaryl/α,β-unsaturated/α-hetero) is 1. The smallest absolute Gasteiger partial charge is 0.299 e. The maximum absolute atomic E-state index is 12.2. The Labute approximate surface area is 123 Å². The summed E-state index contributed by atoms with van der Waals surface area (Å²) in [6.07, 6.45) is 0. The molecule has 5 heteroatoms. The first-order chi connectivity index (χ1) is 10.0. The van der Waals surface area contributed by atoms with Crippen molar-refractivity contribution in [3.8, 4) is 0 Å². The molecule has 108 valence electrons. The molecule has 0 fully saturated rings. The van der Waals surface area contributed by atoms with Crippen LogP contribution in [-0.2, 0) is 17.9 Å². The highest BCUT2D eigenvalue weighted by atomic mass is 16.2. The fourth-order valence-electron chi connectivity index (χ4n) is 2.73. The van der Waals surface area contributed by atoms with Gasteiger partial charge < -0.3 is 0 Å². The molecule has 0 spiro atoms. The predicted molar refractivity (Wildman–Crippen MR) is 79.3 cm³/mol. The van der Waals surface area contributed by atoms with Crippen LogP contribution in [0.15, 0.2) is 24.3 Å². The fraction of sp³-hybridized carbons (Fsp3) is 0.312. The monoisotopic (exact) mass is 283 g/mol. The first kappa shape index (κ1) is 13.5. The average molecular weight is 283 g/mol. The van der Waals surface area contributed by atoms with Crippen LogP contribution in [0.1, 0.15) is 34.2 Å². The molecular formula is C16H17N3O2. The van der Waals surface area contributed by atoms with Gasteiger partial charge in [0.2, 0.25) is 0 Å². The quantitative estimate of drug-likeness (QED) is 0.812. The van der Waals surface area contributed by atoms with E-state index >= 15 is 0 Å². The molecule has 0 N–H and O–H groups in total. The lowest BCUT2D eigenvalue weighted by Crippen LogP contribution is -2.30. The van der Waals surface area contributed by atoms with Crippen molar-refractivity contribution in [1.29, 1.82) is 0 Å². The Bertz CT molecular complexity index is 746. The van der Waals surface area contributed by atoms with E-state index < -0.39 is 11.7 Å². The topological polar surface area (TPSA) is 55.2 Å². The SMILES string of the molecule is CCn1nc(C)cc1CN1C(=O)C(=O)c2cc(C)ccc21. The van der Waals surface area contributed by atoms with Crippen molar-refractivity contribution in [2.24, 2.45) is 0 Å². The Morgan fingerprint density at radius 2 is 1.90 bits per heavy atom. The Balaban J connectivity index is 2.00. The minimum Gasteiger partial charge on any atom is -0.299 e. The fourth-order valence-corrected chi connectivity index (χ4v) is 2.73. The van der Waals surface area contributed by atoms with E-state index in [1.54, 1.807) is 11.0 Å². The van der Waals surface area contributed by atoms with E-state index in [1.807, 2.05) is 43.7 Å². The molecule has 0 unspecified atom stereocenters. The summed E-state index contributed by atoms with van der Waals surface area (Å²) in [6.45, 7) is 6.94. The molecule has 0 atom stereocenters. The van der Waals surface area contributed by atoms with Gasteiger partial charge in [-0.05, 0) is 39.0 Å². The minimum atomic E-state index is -0.461. The van der Waals surface area contributed by atoms with E-state index in [-0.39, 0.29) is 0 Å². The third kappa shape index (κ3) is 2.14. The van der Waals surface area contributed by atoms with Crippen LogP contribution in [0.2, 0.25) is 0 Å². The number of rotatable bonds is 3. The maximum Gasteiger partial charge on any atom is 0.299 e. The van der Waals surface area contributed by atoms with Gasteiger partial charge in [0.05, 0.1) is 29.2 Å². The molecule has 1 aliphatic rings. The second-order valence-corrected chi connectivity index (χ2v) is 5.33. The largest absolute Gasteiger partial charge is 0.299 e. The molecule has 21 heavy (non-hydrogen) atoms. The lowest BCUT2D eigenvalue weighted by Gasteiger charge is -2.17. The first-order valence-corrected chi connectivity index (χ1v) is 7.01. The predicted octanol–water partition coefficient (Wildman–Crippen LogP) is 2.25. The lowest BCUT2D eigenvalue weighted by molar-refractivity contribution is -0.114. The normalized spacial score (nSPS) is 14.0. The molecule has 1 amide bonds. The maximum atomic E-state index is 12.2. The second-order valence-electron chi connectivity index (χ2n) is 5.33. The van der Waals surface area contributed by atoms with Crippen molar-refractivity contribution < 1.29 is 9.59 Å². The summed E-state index contributed by atoms with van der Waals surface area (Å²) in [5, 5.41) is 4.38. The van der Waals surface area contributed by atoms with Gasteiger partial charge in [-0.3, -0.25) is 19.2 Å². The minimum absolute atomic E-state index is 0.370. The van der Waals surface area contributed by atoms with Crippen LogP contribution < -0.4 is 4.90 Å². The van der Waals surface area contributed by atoms with Gasteiger partial charge >= 0.3 is 0 Å². The number of carbonyl (C=O) groups excluding carboxylic acids is 2. The average Bonchev–Trinajstić information content (AvgIpc) is 2.92. The highest BCUT2D eigenvalue weighted by Gasteiger charge is 2.36. The number of nitrogens with zero attached hydrogens (tertiary/aromatic N) is 3.